The molecule has 4 heteroatoms. The predicted molar refractivity (Wildman–Crippen MR) is 83.5 cm³/mol. The van der Waals surface area contributed by atoms with Gasteiger partial charge in [-0.2, -0.15) is 0 Å². The molecule has 21 heavy (non-hydrogen) atoms. The zero-order valence-electron chi connectivity index (χ0n) is 11.4. The summed E-state index contributed by atoms with van der Waals surface area (Å²) >= 11 is 0. The molecule has 0 aliphatic carbocycles. The summed E-state index contributed by atoms with van der Waals surface area (Å²) < 4.78 is 5.78. The van der Waals surface area contributed by atoms with Gasteiger partial charge in [0.05, 0.1) is 5.52 Å². The van der Waals surface area contributed by atoms with Crippen LogP contribution in [-0.4, -0.2) is 10.8 Å². The van der Waals surface area contributed by atoms with Gasteiger partial charge in [-0.1, -0.05) is 24.3 Å². The first-order chi connectivity index (χ1) is 10.2. The summed E-state index contributed by atoms with van der Waals surface area (Å²) in [5.74, 6) is 0.834. The van der Waals surface area contributed by atoms with E-state index in [1.165, 1.54) is 0 Å². The van der Waals surface area contributed by atoms with Gasteiger partial charge in [0, 0.05) is 23.2 Å². The molecule has 3 aromatic rings. The summed E-state index contributed by atoms with van der Waals surface area (Å²) in [7, 11) is 0. The lowest BCUT2D eigenvalue weighted by molar-refractivity contribution is 0.306. The van der Waals surface area contributed by atoms with Crippen molar-refractivity contribution in [1.82, 2.24) is 4.98 Å². The zero-order chi connectivity index (χ0) is 14.7. The fraction of sp³-hybridized carbons (Fsp3) is 0.0588. The number of pyridine rings is 1. The van der Waals surface area contributed by atoms with Crippen LogP contribution in [0.4, 0.5) is 0 Å². The molecule has 2 aromatic carbocycles. The standard InChI is InChI=1S/C17H15N3O/c18-17(19)14-4-1-3-12(9-14)11-21-15-7-6-13-5-2-8-20-16(13)10-15/h1-10H,11H2,(H3,18,19). The van der Waals surface area contributed by atoms with Crippen LogP contribution in [0.2, 0.25) is 0 Å². The molecule has 0 fully saturated rings. The molecule has 0 atom stereocenters. The molecule has 3 N–H and O–H groups in total. The number of ether oxygens (including phenoxy) is 1. The van der Waals surface area contributed by atoms with Crippen molar-refractivity contribution in [3.05, 3.63) is 71.9 Å². The first kappa shape index (κ1) is 13.1. The molecule has 1 aromatic heterocycles. The van der Waals surface area contributed by atoms with Crippen molar-refractivity contribution in [2.75, 3.05) is 0 Å². The van der Waals surface area contributed by atoms with Gasteiger partial charge in [-0.3, -0.25) is 10.4 Å². The molecule has 0 spiro atoms. The number of nitrogens with zero attached hydrogens (tertiary/aromatic N) is 1. The van der Waals surface area contributed by atoms with Crippen molar-refractivity contribution >= 4 is 16.7 Å². The minimum Gasteiger partial charge on any atom is -0.489 e. The van der Waals surface area contributed by atoms with Gasteiger partial charge >= 0.3 is 0 Å². The average molecular weight is 277 g/mol. The Balaban J connectivity index is 1.77. The van der Waals surface area contributed by atoms with Gasteiger partial charge in [-0.05, 0) is 29.8 Å². The van der Waals surface area contributed by atoms with Crippen molar-refractivity contribution in [1.29, 1.82) is 5.41 Å². The second-order valence-electron chi connectivity index (χ2n) is 4.76. The first-order valence-electron chi connectivity index (χ1n) is 6.63. The maximum Gasteiger partial charge on any atom is 0.122 e. The van der Waals surface area contributed by atoms with Crippen LogP contribution in [0.25, 0.3) is 10.9 Å². The van der Waals surface area contributed by atoms with Gasteiger partial charge in [-0.15, -0.1) is 0 Å². The minimum absolute atomic E-state index is 0.0618. The smallest absolute Gasteiger partial charge is 0.122 e. The van der Waals surface area contributed by atoms with E-state index in [2.05, 4.69) is 4.98 Å². The van der Waals surface area contributed by atoms with Crippen LogP contribution in [0, 0.1) is 5.41 Å². The number of hydrogen-bond donors (Lipinski definition) is 2. The van der Waals surface area contributed by atoms with Crippen LogP contribution in [0.1, 0.15) is 11.1 Å². The highest BCUT2D eigenvalue weighted by Gasteiger charge is 2.01. The molecule has 0 saturated carbocycles. The first-order valence-corrected chi connectivity index (χ1v) is 6.63. The molecule has 0 bridgehead atoms. The average Bonchev–Trinajstić information content (AvgIpc) is 2.53. The lowest BCUT2D eigenvalue weighted by atomic mass is 10.1. The quantitative estimate of drug-likeness (QED) is 0.568. The van der Waals surface area contributed by atoms with Crippen molar-refractivity contribution in [2.24, 2.45) is 5.73 Å². The summed E-state index contributed by atoms with van der Waals surface area (Å²) in [5.41, 5.74) is 8.08. The lowest BCUT2D eigenvalue weighted by Gasteiger charge is -2.08. The molecule has 4 nitrogen and oxygen atoms in total. The van der Waals surface area contributed by atoms with Gasteiger partial charge in [0.25, 0.3) is 0 Å². The van der Waals surface area contributed by atoms with E-state index in [1.54, 1.807) is 6.20 Å². The van der Waals surface area contributed by atoms with Gasteiger partial charge < -0.3 is 10.5 Å². The highest BCUT2D eigenvalue weighted by atomic mass is 16.5. The van der Waals surface area contributed by atoms with Gasteiger partial charge in [-0.25, -0.2) is 0 Å². The van der Waals surface area contributed by atoms with E-state index < -0.39 is 0 Å². The minimum atomic E-state index is 0.0618. The molecule has 0 aliphatic heterocycles. The van der Waals surface area contributed by atoms with Gasteiger partial charge in [0.15, 0.2) is 0 Å². The van der Waals surface area contributed by atoms with E-state index in [-0.39, 0.29) is 5.84 Å². The van der Waals surface area contributed by atoms with Crippen molar-refractivity contribution < 1.29 is 4.74 Å². The van der Waals surface area contributed by atoms with Crippen LogP contribution < -0.4 is 10.5 Å². The van der Waals surface area contributed by atoms with Crippen molar-refractivity contribution in [3.63, 3.8) is 0 Å². The molecular weight excluding hydrogens is 262 g/mol. The zero-order valence-corrected chi connectivity index (χ0v) is 11.4. The molecule has 0 radical (unpaired) electrons. The molecular formula is C17H15N3O. The predicted octanol–water partition coefficient (Wildman–Crippen LogP) is 3.10. The molecule has 0 aliphatic rings. The topological polar surface area (TPSA) is 72.0 Å². The summed E-state index contributed by atoms with van der Waals surface area (Å²) in [4.78, 5) is 4.31. The molecule has 104 valence electrons. The van der Waals surface area contributed by atoms with Crippen LogP contribution in [-0.2, 0) is 6.61 Å². The number of benzene rings is 2. The Morgan fingerprint density at radius 1 is 1.10 bits per heavy atom. The highest BCUT2D eigenvalue weighted by Crippen LogP contribution is 2.19. The Morgan fingerprint density at radius 2 is 2.00 bits per heavy atom. The van der Waals surface area contributed by atoms with Crippen LogP contribution in [0.15, 0.2) is 60.8 Å². The van der Waals surface area contributed by atoms with Gasteiger partial charge in [0.1, 0.15) is 18.2 Å². The third kappa shape index (κ3) is 3.00. The molecule has 0 unspecified atom stereocenters. The van der Waals surface area contributed by atoms with E-state index in [4.69, 9.17) is 15.9 Å². The van der Waals surface area contributed by atoms with E-state index in [0.717, 1.165) is 22.2 Å². The largest absolute Gasteiger partial charge is 0.489 e. The van der Waals surface area contributed by atoms with Crippen molar-refractivity contribution in [2.45, 2.75) is 6.61 Å². The third-order valence-corrected chi connectivity index (χ3v) is 3.22. The van der Waals surface area contributed by atoms with Crippen LogP contribution >= 0.6 is 0 Å². The third-order valence-electron chi connectivity index (χ3n) is 3.22. The number of hydrogen-bond acceptors (Lipinski definition) is 3. The number of nitrogens with two attached hydrogens (primary N) is 1. The second kappa shape index (κ2) is 5.63. The Bertz CT molecular complexity index is 799. The number of nitrogens with one attached hydrogen (secondary N) is 1. The molecule has 3 rings (SSSR count). The molecule has 0 saturated heterocycles. The van der Waals surface area contributed by atoms with Gasteiger partial charge in [0.2, 0.25) is 0 Å². The van der Waals surface area contributed by atoms with E-state index in [9.17, 15) is 0 Å². The second-order valence-corrected chi connectivity index (χ2v) is 4.76. The number of fused-ring (bicyclic) bond motifs is 1. The number of rotatable bonds is 4. The highest BCUT2D eigenvalue weighted by molar-refractivity contribution is 5.95. The summed E-state index contributed by atoms with van der Waals surface area (Å²) in [6, 6.07) is 17.3. The fourth-order valence-corrected chi connectivity index (χ4v) is 2.13. The lowest BCUT2D eigenvalue weighted by Crippen LogP contribution is -2.11. The van der Waals surface area contributed by atoms with E-state index in [0.29, 0.717) is 12.2 Å². The Labute approximate surface area is 122 Å². The van der Waals surface area contributed by atoms with Crippen molar-refractivity contribution in [3.8, 4) is 5.75 Å². The molecule has 0 amide bonds. The number of aromatic nitrogens is 1. The summed E-state index contributed by atoms with van der Waals surface area (Å²) in [5, 5.41) is 8.53. The monoisotopic (exact) mass is 277 g/mol. The van der Waals surface area contributed by atoms with E-state index >= 15 is 0 Å². The summed E-state index contributed by atoms with van der Waals surface area (Å²) in [6.07, 6.45) is 1.77. The SMILES string of the molecule is N=C(N)c1cccc(COc2ccc3cccnc3c2)c1. The normalized spacial score (nSPS) is 10.5. The summed E-state index contributed by atoms with van der Waals surface area (Å²) in [6.45, 7) is 0.430. The Hall–Kier alpha value is -2.88. The van der Waals surface area contributed by atoms with Crippen LogP contribution in [0.5, 0.6) is 5.75 Å². The number of nitrogen functional groups attached to an aromatic ring is 1. The fourth-order valence-electron chi connectivity index (χ4n) is 2.13. The van der Waals surface area contributed by atoms with Crippen LogP contribution in [0.3, 0.4) is 0 Å². The maximum absolute atomic E-state index is 7.45. The Kier molecular flexibility index (Phi) is 3.51. The number of amidine groups is 1. The Morgan fingerprint density at radius 3 is 2.86 bits per heavy atom. The molecule has 1 heterocycles. The van der Waals surface area contributed by atoms with E-state index in [1.807, 2.05) is 54.6 Å². The maximum atomic E-state index is 7.45.